The molecule has 2 nitrogen and oxygen atoms in total. The molecule has 11 heavy (non-hydrogen) atoms. The molecular formula is C8H16N2S. The second-order valence-electron chi connectivity index (χ2n) is 3.58. The minimum absolute atomic E-state index is 0.612. The molecular weight excluding hydrogens is 156 g/mol. The van der Waals surface area contributed by atoms with E-state index in [9.17, 15) is 0 Å². The molecule has 0 aliphatic heterocycles. The largest absolute Gasteiger partial charge is 0.263 e. The first-order chi connectivity index (χ1) is 4.91. The summed E-state index contributed by atoms with van der Waals surface area (Å²) in [7, 11) is 1.40. The number of nitrogens with zero attached hydrogens (tertiary/aromatic N) is 2. The van der Waals surface area contributed by atoms with Crippen molar-refractivity contribution in [2.75, 3.05) is 18.8 Å². The molecule has 0 unspecified atom stereocenters. The maximum absolute atomic E-state index is 4.32. The van der Waals surface area contributed by atoms with Gasteiger partial charge in [0.1, 0.15) is 0 Å². The third-order valence-corrected chi connectivity index (χ3v) is 3.22. The molecule has 64 valence electrons. The van der Waals surface area contributed by atoms with Crippen molar-refractivity contribution in [2.45, 2.75) is 11.9 Å². The first kappa shape index (κ1) is 8.65. The van der Waals surface area contributed by atoms with E-state index in [0.29, 0.717) is 0 Å². The van der Waals surface area contributed by atoms with Gasteiger partial charge in [-0.25, -0.2) is 10.0 Å². The molecule has 0 bridgehead atoms. The molecule has 0 N–H and O–H groups in total. The summed E-state index contributed by atoms with van der Waals surface area (Å²) in [6.07, 6.45) is 6.84. The second kappa shape index (κ2) is 2.55. The lowest BCUT2D eigenvalue weighted by Gasteiger charge is -2.24. The fraction of sp³-hybridized carbons (Fsp3) is 0.625. The van der Waals surface area contributed by atoms with Gasteiger partial charge in [-0.05, 0) is 31.8 Å². The van der Waals surface area contributed by atoms with Crippen LogP contribution in [0.25, 0.3) is 0 Å². The van der Waals surface area contributed by atoms with E-state index in [-0.39, 0.29) is 0 Å². The summed E-state index contributed by atoms with van der Waals surface area (Å²) >= 11 is 0. The van der Waals surface area contributed by atoms with Crippen LogP contribution in [0.1, 0.15) is 5.69 Å². The number of hydrogen-bond donors (Lipinski definition) is 0. The number of aryl methyl sites for hydroxylation is 2. The molecule has 1 aromatic rings. The first-order valence-corrected chi connectivity index (χ1v) is 6.46. The zero-order valence-electron chi connectivity index (χ0n) is 7.88. The van der Waals surface area contributed by atoms with E-state index in [0.717, 1.165) is 5.69 Å². The molecule has 3 heteroatoms. The Morgan fingerprint density at radius 3 is 2.09 bits per heavy atom. The topological polar surface area (TPSA) is 17.8 Å². The van der Waals surface area contributed by atoms with E-state index < -0.39 is 10.0 Å². The van der Waals surface area contributed by atoms with Gasteiger partial charge in [0, 0.05) is 7.05 Å². The van der Waals surface area contributed by atoms with Crippen molar-refractivity contribution in [1.29, 1.82) is 0 Å². The van der Waals surface area contributed by atoms with Gasteiger partial charge in [-0.15, -0.1) is 0 Å². The van der Waals surface area contributed by atoms with Crippen molar-refractivity contribution < 1.29 is 0 Å². The minimum atomic E-state index is -0.612. The smallest absolute Gasteiger partial charge is 0.0762 e. The fourth-order valence-corrected chi connectivity index (χ4v) is 2.52. The van der Waals surface area contributed by atoms with Gasteiger partial charge in [0.25, 0.3) is 0 Å². The van der Waals surface area contributed by atoms with Crippen LogP contribution in [0.15, 0.2) is 11.1 Å². The Morgan fingerprint density at radius 2 is 1.91 bits per heavy atom. The van der Waals surface area contributed by atoms with Crippen molar-refractivity contribution >= 4 is 10.0 Å². The summed E-state index contributed by atoms with van der Waals surface area (Å²) in [6, 6.07) is 2.18. The SMILES string of the molecule is Cc1cc(S(C)(C)C)n(C)n1. The van der Waals surface area contributed by atoms with E-state index in [1.165, 1.54) is 5.03 Å². The molecule has 0 radical (unpaired) electrons. The van der Waals surface area contributed by atoms with Gasteiger partial charge in [-0.1, -0.05) is 0 Å². The summed E-state index contributed by atoms with van der Waals surface area (Å²) in [5.41, 5.74) is 1.12. The molecule has 0 aliphatic carbocycles. The van der Waals surface area contributed by atoms with Crippen molar-refractivity contribution in [1.82, 2.24) is 9.78 Å². The van der Waals surface area contributed by atoms with Crippen molar-refractivity contribution in [3.05, 3.63) is 11.8 Å². The lowest BCUT2D eigenvalue weighted by Crippen LogP contribution is -2.01. The molecule has 1 rings (SSSR count). The lowest BCUT2D eigenvalue weighted by molar-refractivity contribution is 0.690. The highest BCUT2D eigenvalue weighted by atomic mass is 32.3. The molecule has 0 aromatic carbocycles. The fourth-order valence-electron chi connectivity index (χ4n) is 1.16. The molecule has 0 aliphatic rings. The normalized spacial score (nSPS) is 13.5. The first-order valence-electron chi connectivity index (χ1n) is 3.60. The third kappa shape index (κ3) is 1.77. The maximum Gasteiger partial charge on any atom is 0.0762 e. The molecule has 0 atom stereocenters. The lowest BCUT2D eigenvalue weighted by atomic mass is 10.5. The van der Waals surface area contributed by atoms with E-state index in [1.54, 1.807) is 0 Å². The predicted molar refractivity (Wildman–Crippen MR) is 51.6 cm³/mol. The summed E-state index contributed by atoms with van der Waals surface area (Å²) in [5, 5.41) is 5.69. The minimum Gasteiger partial charge on any atom is -0.263 e. The average Bonchev–Trinajstić information content (AvgIpc) is 2.08. The van der Waals surface area contributed by atoms with Gasteiger partial charge >= 0.3 is 0 Å². The quantitative estimate of drug-likeness (QED) is 0.631. The van der Waals surface area contributed by atoms with Crippen LogP contribution in [0.3, 0.4) is 0 Å². The van der Waals surface area contributed by atoms with E-state index in [2.05, 4.69) is 29.9 Å². The molecule has 0 spiro atoms. The maximum atomic E-state index is 4.32. The Labute approximate surface area is 69.9 Å². The van der Waals surface area contributed by atoms with Crippen molar-refractivity contribution in [3.63, 3.8) is 0 Å². The number of hydrogen-bond acceptors (Lipinski definition) is 1. The second-order valence-corrected chi connectivity index (χ2v) is 7.68. The Hall–Kier alpha value is -0.440. The number of rotatable bonds is 1. The summed E-state index contributed by atoms with van der Waals surface area (Å²) in [4.78, 5) is 0. The van der Waals surface area contributed by atoms with Gasteiger partial charge in [0.05, 0.1) is 10.7 Å². The van der Waals surface area contributed by atoms with Crippen LogP contribution in [0.2, 0.25) is 0 Å². The zero-order valence-corrected chi connectivity index (χ0v) is 8.70. The van der Waals surface area contributed by atoms with Crippen LogP contribution < -0.4 is 0 Å². The molecule has 0 saturated heterocycles. The van der Waals surface area contributed by atoms with Crippen LogP contribution in [0.4, 0.5) is 0 Å². The van der Waals surface area contributed by atoms with Crippen LogP contribution >= 0.6 is 10.0 Å². The predicted octanol–water partition coefficient (Wildman–Crippen LogP) is 1.78. The standard InChI is InChI=1S/C8H16N2S/c1-7-6-8(10(2)9-7)11(3,4)5/h6H,1-5H3. The summed E-state index contributed by atoms with van der Waals surface area (Å²) < 4.78 is 1.99. The number of aromatic nitrogens is 2. The van der Waals surface area contributed by atoms with Crippen molar-refractivity contribution in [2.24, 2.45) is 7.05 Å². The molecule has 1 heterocycles. The van der Waals surface area contributed by atoms with E-state index in [1.807, 2.05) is 18.7 Å². The third-order valence-electron chi connectivity index (χ3n) is 1.59. The van der Waals surface area contributed by atoms with Crippen LogP contribution in [0.5, 0.6) is 0 Å². The van der Waals surface area contributed by atoms with Gasteiger partial charge in [0.15, 0.2) is 0 Å². The van der Waals surface area contributed by atoms with Gasteiger partial charge in [0.2, 0.25) is 0 Å². The molecule has 0 fully saturated rings. The Balaban J connectivity index is 3.13. The van der Waals surface area contributed by atoms with E-state index in [4.69, 9.17) is 0 Å². The van der Waals surface area contributed by atoms with Crippen LogP contribution in [-0.2, 0) is 7.05 Å². The molecule has 1 aromatic heterocycles. The Morgan fingerprint density at radius 1 is 1.36 bits per heavy atom. The summed E-state index contributed by atoms with van der Waals surface area (Å²) in [5.74, 6) is 0. The van der Waals surface area contributed by atoms with Crippen molar-refractivity contribution in [3.8, 4) is 0 Å². The molecule has 0 amide bonds. The van der Waals surface area contributed by atoms with E-state index >= 15 is 0 Å². The Kier molecular flexibility index (Phi) is 2.01. The highest BCUT2D eigenvalue weighted by Crippen LogP contribution is 2.44. The van der Waals surface area contributed by atoms with Crippen LogP contribution in [-0.4, -0.2) is 28.5 Å². The zero-order chi connectivity index (χ0) is 8.65. The van der Waals surface area contributed by atoms with Crippen LogP contribution in [0, 0.1) is 6.92 Å². The molecule has 0 saturated carbocycles. The highest BCUT2D eigenvalue weighted by Gasteiger charge is 2.12. The Bertz CT molecular complexity index is 258. The average molecular weight is 172 g/mol. The highest BCUT2D eigenvalue weighted by molar-refractivity contribution is 8.32. The van der Waals surface area contributed by atoms with Gasteiger partial charge in [-0.3, -0.25) is 4.68 Å². The van der Waals surface area contributed by atoms with Gasteiger partial charge in [-0.2, -0.15) is 5.10 Å². The monoisotopic (exact) mass is 172 g/mol. The summed E-state index contributed by atoms with van der Waals surface area (Å²) in [6.45, 7) is 2.04. The van der Waals surface area contributed by atoms with Gasteiger partial charge < -0.3 is 0 Å².